The highest BCUT2D eigenvalue weighted by Gasteiger charge is 2.09. The van der Waals surface area contributed by atoms with E-state index in [0.717, 1.165) is 0 Å². The van der Waals surface area contributed by atoms with Crippen molar-refractivity contribution >= 4 is 21.4 Å². The molecule has 0 saturated heterocycles. The van der Waals surface area contributed by atoms with Crippen molar-refractivity contribution in [3.05, 3.63) is 34.6 Å². The SMILES string of the molecule is CN(CCCS(C)(=O)=O)Cc1cccc(Cl)c1F. The van der Waals surface area contributed by atoms with Gasteiger partial charge in [0.1, 0.15) is 15.7 Å². The first-order valence-corrected chi connectivity index (χ1v) is 8.02. The zero-order valence-electron chi connectivity index (χ0n) is 10.5. The van der Waals surface area contributed by atoms with Crippen LogP contribution in [0, 0.1) is 5.82 Å². The number of rotatable bonds is 6. The van der Waals surface area contributed by atoms with Gasteiger partial charge in [-0.15, -0.1) is 0 Å². The van der Waals surface area contributed by atoms with Gasteiger partial charge in [-0.25, -0.2) is 12.8 Å². The van der Waals surface area contributed by atoms with Crippen molar-refractivity contribution in [2.45, 2.75) is 13.0 Å². The molecule has 3 nitrogen and oxygen atoms in total. The highest BCUT2D eigenvalue weighted by Crippen LogP contribution is 2.18. The molecule has 1 aromatic rings. The number of nitrogens with zero attached hydrogens (tertiary/aromatic N) is 1. The van der Waals surface area contributed by atoms with Crippen LogP contribution in [0.5, 0.6) is 0 Å². The number of benzene rings is 1. The van der Waals surface area contributed by atoms with Gasteiger partial charge in [-0.05, 0) is 26.1 Å². The highest BCUT2D eigenvalue weighted by atomic mass is 35.5. The quantitative estimate of drug-likeness (QED) is 0.808. The van der Waals surface area contributed by atoms with E-state index in [-0.39, 0.29) is 10.8 Å². The highest BCUT2D eigenvalue weighted by molar-refractivity contribution is 7.90. The van der Waals surface area contributed by atoms with Crippen LogP contribution in [-0.4, -0.2) is 38.9 Å². The van der Waals surface area contributed by atoms with Gasteiger partial charge in [0.25, 0.3) is 0 Å². The van der Waals surface area contributed by atoms with Crippen molar-refractivity contribution in [2.75, 3.05) is 25.6 Å². The maximum absolute atomic E-state index is 13.6. The summed E-state index contributed by atoms with van der Waals surface area (Å²) in [4.78, 5) is 1.87. The molecule has 0 aliphatic carbocycles. The number of hydrogen-bond acceptors (Lipinski definition) is 3. The minimum absolute atomic E-state index is 0.108. The zero-order valence-corrected chi connectivity index (χ0v) is 12.1. The standard InChI is InChI=1S/C12H17ClFNO2S/c1-15(7-4-8-18(2,16)17)9-10-5-3-6-11(13)12(10)14/h3,5-6H,4,7-9H2,1-2H3. The first kappa shape index (κ1) is 15.4. The second-order valence-electron chi connectivity index (χ2n) is 4.43. The molecular formula is C12H17ClFNO2S. The summed E-state index contributed by atoms with van der Waals surface area (Å²) in [5.74, 6) is -0.260. The van der Waals surface area contributed by atoms with Gasteiger partial charge in [-0.2, -0.15) is 0 Å². The lowest BCUT2D eigenvalue weighted by Crippen LogP contribution is -2.21. The van der Waals surface area contributed by atoms with Gasteiger partial charge in [-0.3, -0.25) is 0 Å². The fourth-order valence-electron chi connectivity index (χ4n) is 1.64. The van der Waals surface area contributed by atoms with Crippen molar-refractivity contribution in [1.82, 2.24) is 4.90 Å². The molecule has 0 saturated carbocycles. The molecule has 0 radical (unpaired) electrons. The first-order valence-electron chi connectivity index (χ1n) is 5.59. The third kappa shape index (κ3) is 5.33. The summed E-state index contributed by atoms with van der Waals surface area (Å²) in [6.07, 6.45) is 1.75. The third-order valence-corrected chi connectivity index (χ3v) is 3.85. The second-order valence-corrected chi connectivity index (χ2v) is 7.10. The van der Waals surface area contributed by atoms with E-state index in [0.29, 0.717) is 25.1 Å². The Morgan fingerprint density at radius 1 is 1.39 bits per heavy atom. The molecule has 0 amide bonds. The zero-order chi connectivity index (χ0) is 13.8. The second kappa shape index (κ2) is 6.50. The normalized spacial score (nSPS) is 12.1. The van der Waals surface area contributed by atoms with Crippen molar-refractivity contribution < 1.29 is 12.8 Å². The van der Waals surface area contributed by atoms with E-state index < -0.39 is 15.7 Å². The van der Waals surface area contributed by atoms with Gasteiger partial charge in [0.05, 0.1) is 10.8 Å². The molecule has 0 N–H and O–H groups in total. The van der Waals surface area contributed by atoms with Crippen molar-refractivity contribution in [3.63, 3.8) is 0 Å². The van der Waals surface area contributed by atoms with Gasteiger partial charge >= 0.3 is 0 Å². The van der Waals surface area contributed by atoms with E-state index >= 15 is 0 Å². The van der Waals surface area contributed by atoms with Crippen molar-refractivity contribution in [1.29, 1.82) is 0 Å². The Kier molecular flexibility index (Phi) is 5.56. The molecule has 0 fully saturated rings. The van der Waals surface area contributed by atoms with Gasteiger partial charge in [0.2, 0.25) is 0 Å². The summed E-state index contributed by atoms with van der Waals surface area (Å²) < 4.78 is 35.6. The van der Waals surface area contributed by atoms with E-state index in [9.17, 15) is 12.8 Å². The molecule has 0 aliphatic rings. The maximum atomic E-state index is 13.6. The molecule has 0 spiro atoms. The van der Waals surface area contributed by atoms with Gasteiger partial charge in [-0.1, -0.05) is 23.7 Å². The average molecular weight is 294 g/mol. The van der Waals surface area contributed by atoms with Crippen molar-refractivity contribution in [2.24, 2.45) is 0 Å². The predicted octanol–water partition coefficient (Wildman–Crippen LogP) is 2.35. The van der Waals surface area contributed by atoms with Crippen LogP contribution >= 0.6 is 11.6 Å². The number of halogens is 2. The molecule has 0 atom stereocenters. The molecule has 0 bridgehead atoms. The van der Waals surface area contributed by atoms with Crippen LogP contribution in [0.15, 0.2) is 18.2 Å². The van der Waals surface area contributed by atoms with Crippen LogP contribution in [0.1, 0.15) is 12.0 Å². The molecule has 0 heterocycles. The maximum Gasteiger partial charge on any atom is 0.147 e. The summed E-state index contributed by atoms with van der Waals surface area (Å²) >= 11 is 5.69. The molecule has 1 rings (SSSR count). The van der Waals surface area contributed by atoms with E-state index in [1.165, 1.54) is 12.3 Å². The lowest BCUT2D eigenvalue weighted by atomic mass is 10.2. The van der Waals surface area contributed by atoms with E-state index in [1.54, 1.807) is 12.1 Å². The molecular weight excluding hydrogens is 277 g/mol. The topological polar surface area (TPSA) is 37.4 Å². The Balaban J connectivity index is 2.50. The molecule has 6 heteroatoms. The first-order chi connectivity index (χ1) is 8.29. The average Bonchev–Trinajstić information content (AvgIpc) is 2.23. The lowest BCUT2D eigenvalue weighted by molar-refractivity contribution is 0.322. The Morgan fingerprint density at radius 3 is 2.67 bits per heavy atom. The Hall–Kier alpha value is -0.650. The smallest absolute Gasteiger partial charge is 0.147 e. The van der Waals surface area contributed by atoms with E-state index in [4.69, 9.17) is 11.6 Å². The summed E-state index contributed by atoms with van der Waals surface area (Å²) in [6.45, 7) is 1.01. The molecule has 0 aliphatic heterocycles. The van der Waals surface area contributed by atoms with E-state index in [2.05, 4.69) is 0 Å². The van der Waals surface area contributed by atoms with Crippen LogP contribution in [0.25, 0.3) is 0 Å². The van der Waals surface area contributed by atoms with Gasteiger partial charge in [0, 0.05) is 18.4 Å². The molecule has 1 aromatic carbocycles. The monoisotopic (exact) mass is 293 g/mol. The molecule has 102 valence electrons. The summed E-state index contributed by atoms with van der Waals surface area (Å²) in [7, 11) is -1.11. The predicted molar refractivity (Wildman–Crippen MR) is 72.1 cm³/mol. The van der Waals surface area contributed by atoms with Crippen LogP contribution in [0.2, 0.25) is 5.02 Å². The van der Waals surface area contributed by atoms with E-state index in [1.807, 2.05) is 11.9 Å². The minimum atomic E-state index is -2.93. The summed E-state index contributed by atoms with van der Waals surface area (Å²) in [5.41, 5.74) is 0.518. The summed E-state index contributed by atoms with van der Waals surface area (Å²) in [6, 6.07) is 4.88. The summed E-state index contributed by atoms with van der Waals surface area (Å²) in [5, 5.41) is 0.108. The molecule has 0 unspecified atom stereocenters. The molecule has 18 heavy (non-hydrogen) atoms. The lowest BCUT2D eigenvalue weighted by Gasteiger charge is -2.17. The van der Waals surface area contributed by atoms with Crippen LogP contribution in [0.4, 0.5) is 4.39 Å². The Bertz CT molecular complexity index is 505. The van der Waals surface area contributed by atoms with Crippen molar-refractivity contribution in [3.8, 4) is 0 Å². The minimum Gasteiger partial charge on any atom is -0.302 e. The van der Waals surface area contributed by atoms with Crippen LogP contribution in [-0.2, 0) is 16.4 Å². The number of hydrogen-bond donors (Lipinski definition) is 0. The third-order valence-electron chi connectivity index (χ3n) is 2.53. The molecule has 0 aromatic heterocycles. The fourth-order valence-corrected chi connectivity index (χ4v) is 2.48. The number of sulfone groups is 1. The fraction of sp³-hybridized carbons (Fsp3) is 0.500. The van der Waals surface area contributed by atoms with Gasteiger partial charge < -0.3 is 4.90 Å². The van der Waals surface area contributed by atoms with Gasteiger partial charge in [0.15, 0.2) is 0 Å². The van der Waals surface area contributed by atoms with Crippen LogP contribution < -0.4 is 0 Å². The Labute approximate surface area is 112 Å². The van der Waals surface area contributed by atoms with Crippen LogP contribution in [0.3, 0.4) is 0 Å². The Morgan fingerprint density at radius 2 is 2.06 bits per heavy atom. The largest absolute Gasteiger partial charge is 0.302 e.